The first kappa shape index (κ1) is 41.8. The lowest BCUT2D eigenvalue weighted by Gasteiger charge is -2.39. The van der Waals surface area contributed by atoms with E-state index in [9.17, 15) is 14.4 Å². The number of thioether (sulfide) groups is 1. The molecule has 3 aromatic carbocycles. The van der Waals surface area contributed by atoms with Crippen LogP contribution in [0.3, 0.4) is 0 Å². The maximum Gasteiger partial charge on any atom is 0.407 e. The molecule has 318 valence electrons. The average molecular weight is 835 g/mol. The summed E-state index contributed by atoms with van der Waals surface area (Å²) in [4.78, 5) is 51.4. The number of H-pyrrole nitrogens is 1. The van der Waals surface area contributed by atoms with Gasteiger partial charge in [-0.05, 0) is 77.5 Å². The first-order valence-electron chi connectivity index (χ1n) is 21.3. The number of hydrogen-bond acceptors (Lipinski definition) is 10. The Labute approximate surface area is 357 Å². The summed E-state index contributed by atoms with van der Waals surface area (Å²) < 4.78 is 10.4. The summed E-state index contributed by atoms with van der Waals surface area (Å²) in [5.74, 6) is 2.40. The van der Waals surface area contributed by atoms with E-state index in [0.29, 0.717) is 24.8 Å². The predicted octanol–water partition coefficient (Wildman–Crippen LogP) is 7.61. The van der Waals surface area contributed by atoms with Crippen molar-refractivity contribution in [2.24, 2.45) is 17.8 Å². The normalized spacial score (nSPS) is 21.3. The van der Waals surface area contributed by atoms with Crippen LogP contribution >= 0.6 is 11.8 Å². The van der Waals surface area contributed by atoms with Crippen molar-refractivity contribution >= 4 is 46.1 Å². The van der Waals surface area contributed by atoms with Gasteiger partial charge in [0, 0.05) is 56.3 Å². The van der Waals surface area contributed by atoms with E-state index < -0.39 is 12.1 Å². The number of benzene rings is 3. The van der Waals surface area contributed by atoms with Gasteiger partial charge in [0.2, 0.25) is 11.8 Å². The van der Waals surface area contributed by atoms with Crippen LogP contribution in [0.15, 0.2) is 73.1 Å². The van der Waals surface area contributed by atoms with E-state index >= 15 is 0 Å². The summed E-state index contributed by atoms with van der Waals surface area (Å²) in [6, 6.07) is 20.7. The second-order valence-corrected chi connectivity index (χ2v) is 18.4. The van der Waals surface area contributed by atoms with Crippen molar-refractivity contribution < 1.29 is 23.9 Å². The van der Waals surface area contributed by atoms with Gasteiger partial charge in [-0.3, -0.25) is 14.6 Å². The summed E-state index contributed by atoms with van der Waals surface area (Å²) >= 11 is 1.91. The lowest BCUT2D eigenvalue weighted by atomic mass is 9.98. The Morgan fingerprint density at radius 1 is 0.950 bits per heavy atom. The lowest BCUT2D eigenvalue weighted by Crippen LogP contribution is -2.56. The van der Waals surface area contributed by atoms with E-state index in [-0.39, 0.29) is 35.3 Å². The Morgan fingerprint density at radius 3 is 2.33 bits per heavy atom. The van der Waals surface area contributed by atoms with Crippen molar-refractivity contribution in [3.63, 3.8) is 0 Å². The van der Waals surface area contributed by atoms with Crippen LogP contribution in [0.4, 0.5) is 4.79 Å². The summed E-state index contributed by atoms with van der Waals surface area (Å²) in [6.45, 7) is 10.2. The molecule has 5 heterocycles. The third-order valence-electron chi connectivity index (χ3n) is 12.2. The molecule has 60 heavy (non-hydrogen) atoms. The number of amides is 3. The number of hydrogen-bond donors (Lipinski definition) is 3. The summed E-state index contributed by atoms with van der Waals surface area (Å²) in [5.41, 5.74) is 9.95. The zero-order valence-corrected chi connectivity index (χ0v) is 36.3. The largest absolute Gasteiger partial charge is 0.453 e. The number of nitrogens with one attached hydrogen (secondary N) is 3. The molecular formula is C46H58N8O5S. The van der Waals surface area contributed by atoms with E-state index in [1.54, 1.807) is 0 Å². The Morgan fingerprint density at radius 2 is 1.63 bits per heavy atom. The molecule has 1 aromatic heterocycles. The average Bonchev–Trinajstić information content (AvgIpc) is 3.63. The van der Waals surface area contributed by atoms with E-state index in [4.69, 9.17) is 14.5 Å². The standard InChI is InChI=1S/C46H58N8O5S/c1-28(2)22-41(55)54-40(27-60-45(54)32-17-20-59-21-18-32)51(5)50-53-26-39(53)31-11-9-30(10-12-31)33-13-14-35-24-36(16-15-34(35)23-33)37-25-47-43(48-37)38-8-7-19-52(38)44(56)42(29(3)4)49-46(57)58-6/h9-16,23-26,28-29,32,38,40,42,45,50H,7-8,17-22,27H2,1-6H3,(H,47,48)(H,49,57)/t38?,40-,42?,45?,53?/m0/s1. The number of aromatic nitrogens is 2. The maximum absolute atomic E-state index is 13.6. The molecule has 4 aliphatic heterocycles. The van der Waals surface area contributed by atoms with Gasteiger partial charge in [0.1, 0.15) is 18.0 Å². The monoisotopic (exact) mass is 834 g/mol. The Kier molecular flexibility index (Phi) is 12.5. The number of hydrazine groups is 2. The second kappa shape index (κ2) is 18.0. The highest BCUT2D eigenvalue weighted by Crippen LogP contribution is 2.40. The van der Waals surface area contributed by atoms with Gasteiger partial charge >= 0.3 is 6.09 Å². The SMILES string of the molecule is COC(=O)NC(C(=O)N1CCCC1c1ncc(-c2ccc3cc(-c4ccc(C5=CN5NN(C)[C@@H]5CSC(C6CCOCC6)N5C(=O)CC(C)C)cc4)ccc3c2)[nH]1)C(C)C. The fourth-order valence-electron chi connectivity index (χ4n) is 8.84. The zero-order chi connectivity index (χ0) is 42.1. The molecule has 14 heteroatoms. The number of aromatic amines is 1. The molecule has 3 amide bonds. The van der Waals surface area contributed by atoms with Crippen molar-refractivity contribution in [3.05, 3.63) is 84.4 Å². The fraction of sp³-hybridized carbons (Fsp3) is 0.478. The molecule has 4 atom stereocenters. The minimum Gasteiger partial charge on any atom is -0.453 e. The Hall–Kier alpha value is -4.89. The van der Waals surface area contributed by atoms with Crippen molar-refractivity contribution in [2.75, 3.05) is 39.7 Å². The predicted molar refractivity (Wildman–Crippen MR) is 235 cm³/mol. The minimum absolute atomic E-state index is 0.0327. The van der Waals surface area contributed by atoms with E-state index in [1.165, 1.54) is 7.11 Å². The number of likely N-dealkylation sites (tertiary alicyclic amines) is 1. The molecular weight excluding hydrogens is 777 g/mol. The third-order valence-corrected chi connectivity index (χ3v) is 13.7. The van der Waals surface area contributed by atoms with Gasteiger partial charge in [0.05, 0.1) is 36.1 Å². The molecule has 8 rings (SSSR count). The van der Waals surface area contributed by atoms with Crippen LogP contribution < -0.4 is 10.9 Å². The van der Waals surface area contributed by atoms with Crippen molar-refractivity contribution in [1.29, 1.82) is 0 Å². The number of ether oxygens (including phenoxy) is 2. The van der Waals surface area contributed by atoms with E-state index in [2.05, 4.69) is 106 Å². The number of nitrogens with zero attached hydrogens (tertiary/aromatic N) is 5. The number of carbonyl (C=O) groups excluding carboxylic acids is 3. The topological polar surface area (TPSA) is 135 Å². The van der Waals surface area contributed by atoms with Crippen molar-refractivity contribution in [1.82, 2.24) is 40.6 Å². The van der Waals surface area contributed by atoms with Gasteiger partial charge in [-0.1, -0.05) is 76.2 Å². The van der Waals surface area contributed by atoms with Crippen molar-refractivity contribution in [2.45, 2.75) is 83.4 Å². The molecule has 3 saturated heterocycles. The third kappa shape index (κ3) is 8.93. The van der Waals surface area contributed by atoms with Gasteiger partial charge in [-0.2, -0.15) is 5.53 Å². The molecule has 13 nitrogen and oxygen atoms in total. The second-order valence-electron chi connectivity index (χ2n) is 17.2. The van der Waals surface area contributed by atoms with Crippen LogP contribution in [0.2, 0.25) is 0 Å². The van der Waals surface area contributed by atoms with Crippen LogP contribution in [-0.4, -0.2) is 105 Å². The highest BCUT2D eigenvalue weighted by molar-refractivity contribution is 8.00. The fourth-order valence-corrected chi connectivity index (χ4v) is 10.6. The first-order chi connectivity index (χ1) is 29.0. The van der Waals surface area contributed by atoms with Crippen LogP contribution in [0.5, 0.6) is 0 Å². The molecule has 4 aliphatic rings. The Balaban J connectivity index is 0.893. The van der Waals surface area contributed by atoms with Gasteiger partial charge in [-0.25, -0.2) is 14.8 Å². The van der Waals surface area contributed by atoms with Crippen molar-refractivity contribution in [3.8, 4) is 22.4 Å². The van der Waals surface area contributed by atoms with Gasteiger partial charge < -0.3 is 29.6 Å². The van der Waals surface area contributed by atoms with E-state index in [0.717, 1.165) is 94.9 Å². The molecule has 0 aliphatic carbocycles. The van der Waals surface area contributed by atoms with Gasteiger partial charge in [0.25, 0.3) is 0 Å². The van der Waals surface area contributed by atoms with Crippen LogP contribution in [0, 0.1) is 17.8 Å². The molecule has 0 bridgehead atoms. The number of methoxy groups -OCH3 is 1. The molecule has 0 saturated carbocycles. The summed E-state index contributed by atoms with van der Waals surface area (Å²) in [7, 11) is 3.34. The molecule has 3 fully saturated rings. The number of rotatable bonds is 13. The minimum atomic E-state index is -0.677. The van der Waals surface area contributed by atoms with E-state index in [1.807, 2.05) is 48.8 Å². The number of carbonyl (C=O) groups is 3. The van der Waals surface area contributed by atoms with Gasteiger partial charge in [0.15, 0.2) is 0 Å². The Bertz CT molecular complexity index is 2220. The zero-order valence-electron chi connectivity index (χ0n) is 35.5. The van der Waals surface area contributed by atoms with Crippen LogP contribution in [0.25, 0.3) is 38.9 Å². The number of alkyl carbamates (subject to hydrolysis) is 1. The maximum atomic E-state index is 13.6. The first-order valence-corrected chi connectivity index (χ1v) is 22.4. The summed E-state index contributed by atoms with van der Waals surface area (Å²) in [6.07, 6.45) is 7.50. The molecule has 3 unspecified atom stereocenters. The molecule has 0 radical (unpaired) electrons. The highest BCUT2D eigenvalue weighted by atomic mass is 32.2. The molecule has 3 N–H and O–H groups in total. The van der Waals surface area contributed by atoms with Crippen LogP contribution in [0.1, 0.15) is 77.2 Å². The molecule has 4 aromatic rings. The highest BCUT2D eigenvalue weighted by Gasteiger charge is 2.44. The van der Waals surface area contributed by atoms with Gasteiger partial charge in [-0.15, -0.1) is 11.8 Å². The lowest BCUT2D eigenvalue weighted by molar-refractivity contribution is -0.141. The number of imidazole rings is 1. The van der Waals surface area contributed by atoms with Crippen LogP contribution in [-0.2, 0) is 19.1 Å². The number of fused-ring (bicyclic) bond motifs is 1. The smallest absolute Gasteiger partial charge is 0.407 e. The summed E-state index contributed by atoms with van der Waals surface area (Å²) in [5, 5.41) is 9.29. The molecule has 0 spiro atoms. The quantitative estimate of drug-likeness (QED) is 0.116.